The molecule has 0 bridgehead atoms. The summed E-state index contributed by atoms with van der Waals surface area (Å²) >= 11 is 0. The third-order valence-electron chi connectivity index (χ3n) is 5.24. The van der Waals surface area contributed by atoms with E-state index in [0.29, 0.717) is 63.9 Å². The Balaban J connectivity index is 1.59. The van der Waals surface area contributed by atoms with Crippen LogP contribution in [0.15, 0.2) is 36.4 Å². The molecule has 1 saturated heterocycles. The van der Waals surface area contributed by atoms with Crippen LogP contribution in [0.1, 0.15) is 33.6 Å². The van der Waals surface area contributed by atoms with Gasteiger partial charge < -0.3 is 33.9 Å². The van der Waals surface area contributed by atoms with Crippen LogP contribution >= 0.6 is 0 Å². The Bertz CT molecular complexity index is 897. The van der Waals surface area contributed by atoms with Crippen molar-refractivity contribution in [2.75, 3.05) is 62.9 Å². The van der Waals surface area contributed by atoms with Crippen molar-refractivity contribution in [2.24, 2.45) is 0 Å². The summed E-state index contributed by atoms with van der Waals surface area (Å²) in [4.78, 5) is 14.9. The molecule has 0 spiro atoms. The van der Waals surface area contributed by atoms with E-state index >= 15 is 0 Å². The lowest BCUT2D eigenvalue weighted by atomic mass is 10.2. The van der Waals surface area contributed by atoms with Gasteiger partial charge in [-0.15, -0.1) is 0 Å². The Kier molecular flexibility index (Phi) is 10.2. The molecule has 0 saturated carbocycles. The summed E-state index contributed by atoms with van der Waals surface area (Å²) in [5.74, 6) is 2.82. The summed E-state index contributed by atoms with van der Waals surface area (Å²) < 4.78 is 28.4. The normalized spacial score (nSPS) is 13.3. The van der Waals surface area contributed by atoms with Crippen LogP contribution in [0, 0.1) is 0 Å². The van der Waals surface area contributed by atoms with Gasteiger partial charge in [-0.2, -0.15) is 0 Å². The first kappa shape index (κ1) is 25.5. The molecule has 0 aromatic heterocycles. The van der Waals surface area contributed by atoms with Gasteiger partial charge in [-0.3, -0.25) is 4.79 Å². The van der Waals surface area contributed by atoms with Crippen LogP contribution < -0.4 is 29.2 Å². The number of hydrogen-bond acceptors (Lipinski definition) is 7. The smallest absolute Gasteiger partial charge is 0.224 e. The number of carbonyl (C=O) groups excluding carboxylic acids is 1. The predicted molar refractivity (Wildman–Crippen MR) is 133 cm³/mol. The minimum Gasteiger partial charge on any atom is -0.494 e. The minimum absolute atomic E-state index is 0.0992. The zero-order valence-corrected chi connectivity index (χ0v) is 20.4. The fourth-order valence-electron chi connectivity index (χ4n) is 3.68. The molecule has 186 valence electrons. The van der Waals surface area contributed by atoms with Gasteiger partial charge in [0, 0.05) is 31.6 Å². The number of benzene rings is 2. The number of rotatable bonds is 13. The van der Waals surface area contributed by atoms with Crippen molar-refractivity contribution in [1.29, 1.82) is 0 Å². The first-order chi connectivity index (χ1) is 16.6. The van der Waals surface area contributed by atoms with Crippen molar-refractivity contribution in [3.8, 4) is 23.0 Å². The van der Waals surface area contributed by atoms with Crippen molar-refractivity contribution in [3.63, 3.8) is 0 Å². The first-order valence-corrected chi connectivity index (χ1v) is 12.1. The van der Waals surface area contributed by atoms with Crippen LogP contribution in [0.2, 0.25) is 0 Å². The number of nitrogens with zero attached hydrogens (tertiary/aromatic N) is 1. The predicted octanol–water partition coefficient (Wildman–Crippen LogP) is 4.52. The largest absolute Gasteiger partial charge is 0.494 e. The zero-order chi connectivity index (χ0) is 24.2. The maximum absolute atomic E-state index is 12.6. The molecule has 0 atom stereocenters. The molecular weight excluding hydrogens is 436 g/mol. The number of anilines is 2. The fraction of sp³-hybridized carbons (Fsp3) is 0.500. The highest BCUT2D eigenvalue weighted by Crippen LogP contribution is 2.39. The second-order valence-electron chi connectivity index (χ2n) is 7.69. The van der Waals surface area contributed by atoms with Gasteiger partial charge >= 0.3 is 0 Å². The van der Waals surface area contributed by atoms with Gasteiger partial charge in [0.15, 0.2) is 0 Å². The average molecular weight is 473 g/mol. The van der Waals surface area contributed by atoms with Crippen LogP contribution in [-0.4, -0.2) is 58.6 Å². The molecule has 0 radical (unpaired) electrons. The number of morpholine rings is 1. The summed E-state index contributed by atoms with van der Waals surface area (Å²) in [7, 11) is 0. The topological polar surface area (TPSA) is 78.5 Å². The van der Waals surface area contributed by atoms with E-state index in [0.717, 1.165) is 36.0 Å². The molecule has 1 N–H and O–H groups in total. The third kappa shape index (κ3) is 7.45. The Labute approximate surface area is 202 Å². The third-order valence-corrected chi connectivity index (χ3v) is 5.24. The first-order valence-electron chi connectivity index (χ1n) is 12.1. The molecule has 8 heteroatoms. The molecule has 2 aromatic carbocycles. The molecule has 1 fully saturated rings. The molecule has 0 aliphatic carbocycles. The quantitative estimate of drug-likeness (QED) is 0.430. The molecule has 34 heavy (non-hydrogen) atoms. The monoisotopic (exact) mass is 472 g/mol. The van der Waals surface area contributed by atoms with Crippen molar-refractivity contribution in [2.45, 2.75) is 33.6 Å². The number of hydrogen-bond donors (Lipinski definition) is 1. The Morgan fingerprint density at radius 1 is 0.882 bits per heavy atom. The average Bonchev–Trinajstić information content (AvgIpc) is 2.85. The fourth-order valence-corrected chi connectivity index (χ4v) is 3.68. The highest BCUT2D eigenvalue weighted by molar-refractivity contribution is 5.93. The van der Waals surface area contributed by atoms with Gasteiger partial charge in [0.2, 0.25) is 5.91 Å². The van der Waals surface area contributed by atoms with Gasteiger partial charge in [0.05, 0.1) is 51.0 Å². The van der Waals surface area contributed by atoms with Crippen LogP contribution in [0.25, 0.3) is 0 Å². The van der Waals surface area contributed by atoms with Crippen molar-refractivity contribution >= 4 is 17.3 Å². The standard InChI is InChI=1S/C26H36N2O6/c1-4-31-20-9-11-21(12-10-20)34-15-7-8-26(29)27-22-18-25(33-6-3)23(19-24(22)32-5-2)28-13-16-30-17-14-28/h9-12,18-19H,4-8,13-17H2,1-3H3,(H,27,29). The molecular formula is C26H36N2O6. The number of ether oxygens (including phenoxy) is 5. The summed E-state index contributed by atoms with van der Waals surface area (Å²) in [5, 5.41) is 2.99. The van der Waals surface area contributed by atoms with Gasteiger partial charge in [0.1, 0.15) is 23.0 Å². The van der Waals surface area contributed by atoms with E-state index in [-0.39, 0.29) is 5.91 Å². The SMILES string of the molecule is CCOc1ccc(OCCCC(=O)Nc2cc(OCC)c(N3CCOCC3)cc2OCC)cc1. The van der Waals surface area contributed by atoms with Gasteiger partial charge in [0.25, 0.3) is 0 Å². The van der Waals surface area contributed by atoms with Crippen molar-refractivity contribution in [3.05, 3.63) is 36.4 Å². The van der Waals surface area contributed by atoms with Crippen LogP contribution in [0.3, 0.4) is 0 Å². The molecule has 8 nitrogen and oxygen atoms in total. The molecule has 1 amide bonds. The number of nitrogens with one attached hydrogen (secondary N) is 1. The van der Waals surface area contributed by atoms with E-state index in [1.54, 1.807) is 0 Å². The molecule has 1 aliphatic heterocycles. The maximum atomic E-state index is 12.6. The van der Waals surface area contributed by atoms with E-state index in [1.165, 1.54) is 0 Å². The van der Waals surface area contributed by atoms with Gasteiger partial charge in [-0.25, -0.2) is 0 Å². The Hall–Kier alpha value is -3.13. The van der Waals surface area contributed by atoms with E-state index in [2.05, 4.69) is 10.2 Å². The second-order valence-corrected chi connectivity index (χ2v) is 7.69. The summed E-state index contributed by atoms with van der Waals surface area (Å²) in [5.41, 5.74) is 1.56. The molecule has 0 unspecified atom stereocenters. The van der Waals surface area contributed by atoms with Gasteiger partial charge in [-0.1, -0.05) is 0 Å². The summed E-state index contributed by atoms with van der Waals surface area (Å²) in [6.07, 6.45) is 0.922. The maximum Gasteiger partial charge on any atom is 0.224 e. The Morgan fingerprint density at radius 3 is 2.15 bits per heavy atom. The number of amides is 1. The summed E-state index contributed by atoms with van der Waals surface area (Å²) in [6.45, 7) is 10.8. The molecule has 3 rings (SSSR count). The lowest BCUT2D eigenvalue weighted by molar-refractivity contribution is -0.116. The highest BCUT2D eigenvalue weighted by atomic mass is 16.5. The van der Waals surface area contributed by atoms with E-state index in [4.69, 9.17) is 23.7 Å². The van der Waals surface area contributed by atoms with Crippen molar-refractivity contribution < 1.29 is 28.5 Å². The van der Waals surface area contributed by atoms with E-state index in [9.17, 15) is 4.79 Å². The molecule has 1 heterocycles. The molecule has 2 aromatic rings. The van der Waals surface area contributed by atoms with Crippen molar-refractivity contribution in [1.82, 2.24) is 0 Å². The minimum atomic E-state index is -0.0992. The second kappa shape index (κ2) is 13.5. The molecule has 1 aliphatic rings. The van der Waals surface area contributed by atoms with E-state index in [1.807, 2.05) is 57.2 Å². The van der Waals surface area contributed by atoms with Crippen LogP contribution in [0.5, 0.6) is 23.0 Å². The summed E-state index contributed by atoms with van der Waals surface area (Å²) in [6, 6.07) is 11.3. The van der Waals surface area contributed by atoms with Crippen LogP contribution in [-0.2, 0) is 9.53 Å². The zero-order valence-electron chi connectivity index (χ0n) is 20.4. The van der Waals surface area contributed by atoms with Gasteiger partial charge in [-0.05, 0) is 51.5 Å². The number of carbonyl (C=O) groups is 1. The van der Waals surface area contributed by atoms with Crippen LogP contribution in [0.4, 0.5) is 11.4 Å². The Morgan fingerprint density at radius 2 is 1.50 bits per heavy atom. The lowest BCUT2D eigenvalue weighted by Crippen LogP contribution is -2.36. The highest BCUT2D eigenvalue weighted by Gasteiger charge is 2.20. The van der Waals surface area contributed by atoms with E-state index < -0.39 is 0 Å². The lowest BCUT2D eigenvalue weighted by Gasteiger charge is -2.31.